The third kappa shape index (κ3) is 4.28. The number of nitrogens with zero attached hydrogens (tertiary/aromatic N) is 1. The van der Waals surface area contributed by atoms with Crippen LogP contribution in [0.1, 0.15) is 27.0 Å². The maximum atomic E-state index is 13.9. The summed E-state index contributed by atoms with van der Waals surface area (Å²) < 4.78 is 19.3. The summed E-state index contributed by atoms with van der Waals surface area (Å²) in [4.78, 5) is 12.2. The highest BCUT2D eigenvalue weighted by atomic mass is 19.1. The van der Waals surface area contributed by atoms with Gasteiger partial charge in [0.25, 0.3) is 0 Å². The third-order valence-electron chi connectivity index (χ3n) is 4.05. The molecule has 3 aromatic rings. The Kier molecular flexibility index (Phi) is 5.44. The summed E-state index contributed by atoms with van der Waals surface area (Å²) in [5.74, 6) is -0.487. The van der Waals surface area contributed by atoms with Crippen molar-refractivity contribution < 1.29 is 13.9 Å². The van der Waals surface area contributed by atoms with Crippen LogP contribution < -0.4 is 4.74 Å². The number of allylic oxidation sites excluding steroid dienone is 1. The van der Waals surface area contributed by atoms with E-state index in [4.69, 9.17) is 4.74 Å². The second kappa shape index (κ2) is 8.11. The van der Waals surface area contributed by atoms with Gasteiger partial charge < -0.3 is 4.74 Å². The topological polar surface area (TPSA) is 50.1 Å². The maximum Gasteiger partial charge on any atom is 0.343 e. The number of halogens is 1. The first-order chi connectivity index (χ1) is 13.1. The molecule has 0 aliphatic rings. The van der Waals surface area contributed by atoms with Gasteiger partial charge in [0.2, 0.25) is 0 Å². The molecule has 132 valence electrons. The number of hydrogen-bond donors (Lipinski definition) is 0. The number of carbonyl (C=O) groups is 1. The predicted molar refractivity (Wildman–Crippen MR) is 102 cm³/mol. The summed E-state index contributed by atoms with van der Waals surface area (Å²) >= 11 is 0. The van der Waals surface area contributed by atoms with E-state index in [2.05, 4.69) is 0 Å². The Morgan fingerprint density at radius 3 is 2.22 bits per heavy atom. The van der Waals surface area contributed by atoms with Crippen molar-refractivity contribution in [2.45, 2.75) is 6.92 Å². The quantitative estimate of drug-likeness (QED) is 0.271. The van der Waals surface area contributed by atoms with Crippen molar-refractivity contribution in [1.82, 2.24) is 0 Å². The summed E-state index contributed by atoms with van der Waals surface area (Å²) in [5, 5.41) is 9.34. The maximum absolute atomic E-state index is 13.9. The molecule has 0 N–H and O–H groups in total. The molecule has 3 rings (SSSR count). The molecular formula is C23H16FNO2. The largest absolute Gasteiger partial charge is 0.423 e. The second-order valence-corrected chi connectivity index (χ2v) is 5.92. The normalized spacial score (nSPS) is 10.9. The zero-order chi connectivity index (χ0) is 19.2. The van der Waals surface area contributed by atoms with Crippen LogP contribution in [0.5, 0.6) is 5.75 Å². The number of ether oxygens (including phenoxy) is 1. The molecule has 0 amide bonds. The van der Waals surface area contributed by atoms with Gasteiger partial charge in [-0.15, -0.1) is 0 Å². The van der Waals surface area contributed by atoms with Crippen molar-refractivity contribution in [2.24, 2.45) is 0 Å². The lowest BCUT2D eigenvalue weighted by Crippen LogP contribution is -2.09. The van der Waals surface area contributed by atoms with Crippen molar-refractivity contribution >= 4 is 17.6 Å². The number of nitriles is 1. The molecule has 0 bridgehead atoms. The molecule has 0 fully saturated rings. The summed E-state index contributed by atoms with van der Waals surface area (Å²) in [7, 11) is 0. The highest BCUT2D eigenvalue weighted by molar-refractivity contribution is 5.93. The lowest BCUT2D eigenvalue weighted by molar-refractivity contribution is 0.0734. The summed E-state index contributed by atoms with van der Waals surface area (Å²) in [5.41, 5.74) is 2.51. The van der Waals surface area contributed by atoms with E-state index in [-0.39, 0.29) is 11.1 Å². The zero-order valence-electron chi connectivity index (χ0n) is 14.6. The van der Waals surface area contributed by atoms with Crippen LogP contribution in [0, 0.1) is 24.1 Å². The Morgan fingerprint density at radius 1 is 0.963 bits per heavy atom. The van der Waals surface area contributed by atoms with Crippen LogP contribution >= 0.6 is 0 Å². The highest BCUT2D eigenvalue weighted by Crippen LogP contribution is 2.22. The van der Waals surface area contributed by atoms with Gasteiger partial charge in [0, 0.05) is 5.56 Å². The van der Waals surface area contributed by atoms with Crippen molar-refractivity contribution in [2.75, 3.05) is 0 Å². The van der Waals surface area contributed by atoms with Gasteiger partial charge in [-0.3, -0.25) is 0 Å². The van der Waals surface area contributed by atoms with E-state index in [1.54, 1.807) is 60.7 Å². The van der Waals surface area contributed by atoms with Gasteiger partial charge in [-0.05, 0) is 48.4 Å². The van der Waals surface area contributed by atoms with Gasteiger partial charge in [-0.1, -0.05) is 48.5 Å². The van der Waals surface area contributed by atoms with Gasteiger partial charge in [0.15, 0.2) is 0 Å². The van der Waals surface area contributed by atoms with Gasteiger partial charge in [-0.2, -0.15) is 5.26 Å². The molecular weight excluding hydrogens is 341 g/mol. The lowest BCUT2D eigenvalue weighted by atomic mass is 10.0. The van der Waals surface area contributed by atoms with Gasteiger partial charge in [0.1, 0.15) is 11.6 Å². The summed E-state index contributed by atoms with van der Waals surface area (Å²) in [6.07, 6.45) is 1.59. The van der Waals surface area contributed by atoms with E-state index in [0.717, 1.165) is 5.56 Å². The Bertz CT molecular complexity index is 1050. The fourth-order valence-corrected chi connectivity index (χ4v) is 2.61. The van der Waals surface area contributed by atoms with Crippen molar-refractivity contribution in [3.8, 4) is 11.8 Å². The summed E-state index contributed by atoms with van der Waals surface area (Å²) in [6, 6.07) is 22.0. The van der Waals surface area contributed by atoms with Crippen LogP contribution in [-0.4, -0.2) is 5.97 Å². The molecule has 3 aromatic carbocycles. The molecule has 0 radical (unpaired) electrons. The minimum atomic E-state index is -0.450. The number of benzene rings is 3. The van der Waals surface area contributed by atoms with Crippen molar-refractivity contribution in [1.29, 1.82) is 5.26 Å². The number of hydrogen-bond acceptors (Lipinski definition) is 3. The molecule has 0 unspecified atom stereocenters. The lowest BCUT2D eigenvalue weighted by Gasteiger charge is -2.07. The molecule has 0 heterocycles. The van der Waals surface area contributed by atoms with Crippen molar-refractivity contribution in [3.05, 3.63) is 101 Å². The van der Waals surface area contributed by atoms with E-state index in [9.17, 15) is 14.4 Å². The first-order valence-electron chi connectivity index (χ1n) is 8.33. The molecule has 0 saturated heterocycles. The van der Waals surface area contributed by atoms with Gasteiger partial charge in [0.05, 0.1) is 17.2 Å². The number of rotatable bonds is 4. The van der Waals surface area contributed by atoms with E-state index >= 15 is 0 Å². The first kappa shape index (κ1) is 18.1. The van der Waals surface area contributed by atoms with Crippen LogP contribution in [0.25, 0.3) is 11.6 Å². The fourth-order valence-electron chi connectivity index (χ4n) is 2.61. The van der Waals surface area contributed by atoms with E-state index in [1.807, 2.05) is 25.1 Å². The second-order valence-electron chi connectivity index (χ2n) is 5.92. The molecule has 3 nitrogen and oxygen atoms in total. The third-order valence-corrected chi connectivity index (χ3v) is 4.05. The number of carbonyl (C=O) groups excluding carboxylic acids is 1. The predicted octanol–water partition coefficient (Wildman–Crippen LogP) is 5.42. The molecule has 4 heteroatoms. The monoisotopic (exact) mass is 357 g/mol. The van der Waals surface area contributed by atoms with Crippen LogP contribution in [0.3, 0.4) is 0 Å². The molecule has 0 aliphatic heterocycles. The Hall–Kier alpha value is -3.71. The zero-order valence-corrected chi connectivity index (χ0v) is 14.6. The average molecular weight is 357 g/mol. The average Bonchev–Trinajstić information content (AvgIpc) is 2.68. The van der Waals surface area contributed by atoms with Gasteiger partial charge in [-0.25, -0.2) is 9.18 Å². The molecule has 0 saturated carbocycles. The fraction of sp³-hybridized carbons (Fsp3) is 0.0435. The van der Waals surface area contributed by atoms with Crippen LogP contribution in [0.4, 0.5) is 4.39 Å². The van der Waals surface area contributed by atoms with Crippen LogP contribution in [0.15, 0.2) is 72.8 Å². The Labute approximate surface area is 157 Å². The standard InChI is InChI=1S/C23H16FNO2/c1-16-6-2-3-7-20(16)23(26)27-19-12-10-17(11-13-19)14-18(15-25)21-8-4-5-9-22(21)24/h2-14H,1H3/b18-14-. The van der Waals surface area contributed by atoms with E-state index < -0.39 is 11.8 Å². The number of aryl methyl sites for hydroxylation is 1. The SMILES string of the molecule is Cc1ccccc1C(=O)Oc1ccc(/C=C(/C#N)c2ccccc2F)cc1. The highest BCUT2D eigenvalue weighted by Gasteiger charge is 2.11. The first-order valence-corrected chi connectivity index (χ1v) is 8.33. The molecule has 27 heavy (non-hydrogen) atoms. The Morgan fingerprint density at radius 2 is 1.59 bits per heavy atom. The molecule has 0 aromatic heterocycles. The number of esters is 1. The van der Waals surface area contributed by atoms with Crippen LogP contribution in [-0.2, 0) is 0 Å². The minimum absolute atomic E-state index is 0.220. The van der Waals surface area contributed by atoms with Crippen molar-refractivity contribution in [3.63, 3.8) is 0 Å². The molecule has 0 aliphatic carbocycles. The van der Waals surface area contributed by atoms with Crippen LogP contribution in [0.2, 0.25) is 0 Å². The van der Waals surface area contributed by atoms with Gasteiger partial charge >= 0.3 is 5.97 Å². The summed E-state index contributed by atoms with van der Waals surface area (Å²) in [6.45, 7) is 1.84. The smallest absolute Gasteiger partial charge is 0.343 e. The molecule has 0 spiro atoms. The Balaban J connectivity index is 1.79. The minimum Gasteiger partial charge on any atom is -0.423 e. The van der Waals surface area contributed by atoms with E-state index in [0.29, 0.717) is 16.9 Å². The molecule has 0 atom stereocenters. The van der Waals surface area contributed by atoms with E-state index in [1.165, 1.54) is 6.07 Å².